The quantitative estimate of drug-likeness (QED) is 0.810. The summed E-state index contributed by atoms with van der Waals surface area (Å²) in [5, 5.41) is 0. The van der Waals surface area contributed by atoms with Gasteiger partial charge in [-0.15, -0.1) is 0 Å². The largest absolute Gasteiger partial charge is 0.454 e. The van der Waals surface area contributed by atoms with E-state index in [0.29, 0.717) is 5.56 Å². The molecule has 5 heteroatoms. The van der Waals surface area contributed by atoms with Crippen LogP contribution < -0.4 is 5.56 Å². The Hall–Kier alpha value is -2.40. The molecule has 2 aromatic rings. The second kappa shape index (κ2) is 7.01. The Balaban J connectivity index is 1.89. The zero-order valence-electron chi connectivity index (χ0n) is 13.8. The van der Waals surface area contributed by atoms with Crippen LogP contribution in [0, 0.1) is 5.92 Å². The van der Waals surface area contributed by atoms with E-state index >= 15 is 0 Å². The lowest BCUT2D eigenvalue weighted by Gasteiger charge is -2.23. The second-order valence-corrected chi connectivity index (χ2v) is 6.01. The molecule has 0 spiro atoms. The molecule has 4 atom stereocenters. The highest BCUT2D eigenvalue weighted by Crippen LogP contribution is 2.37. The minimum atomic E-state index is -0.605. The van der Waals surface area contributed by atoms with E-state index in [9.17, 15) is 9.59 Å². The van der Waals surface area contributed by atoms with Crippen LogP contribution in [-0.4, -0.2) is 22.7 Å². The number of hydrogen-bond acceptors (Lipinski definition) is 4. The summed E-state index contributed by atoms with van der Waals surface area (Å²) >= 11 is 0. The van der Waals surface area contributed by atoms with Crippen molar-refractivity contribution in [2.75, 3.05) is 0 Å². The number of esters is 1. The molecule has 24 heavy (non-hydrogen) atoms. The Labute approximate surface area is 140 Å². The number of benzene rings is 1. The van der Waals surface area contributed by atoms with Gasteiger partial charge in [0.2, 0.25) is 0 Å². The average molecular weight is 327 g/mol. The predicted octanol–water partition coefficient (Wildman–Crippen LogP) is 3.02. The lowest BCUT2D eigenvalue weighted by molar-refractivity contribution is -0.0503. The summed E-state index contributed by atoms with van der Waals surface area (Å²) in [4.78, 5) is 24.6. The lowest BCUT2D eigenvalue weighted by atomic mass is 9.98. The van der Waals surface area contributed by atoms with Crippen molar-refractivity contribution in [2.45, 2.75) is 38.7 Å². The number of carbonyl (C=O) groups is 1. The number of ether oxygens (including phenoxy) is 2. The molecular formula is C19H21NO4. The van der Waals surface area contributed by atoms with E-state index in [4.69, 9.17) is 9.47 Å². The lowest BCUT2D eigenvalue weighted by Crippen LogP contribution is -2.34. The molecule has 126 valence electrons. The molecule has 1 saturated heterocycles. The minimum absolute atomic E-state index is 0.000214. The van der Waals surface area contributed by atoms with Crippen LogP contribution >= 0.6 is 0 Å². The van der Waals surface area contributed by atoms with Gasteiger partial charge in [0.15, 0.2) is 12.3 Å². The third-order valence-corrected chi connectivity index (χ3v) is 4.48. The van der Waals surface area contributed by atoms with Gasteiger partial charge in [-0.05, 0) is 24.6 Å². The van der Waals surface area contributed by atoms with Crippen molar-refractivity contribution in [2.24, 2.45) is 5.92 Å². The van der Waals surface area contributed by atoms with Crippen molar-refractivity contribution in [1.29, 1.82) is 0 Å². The summed E-state index contributed by atoms with van der Waals surface area (Å²) in [5.74, 6) is -0.401. The number of carbonyl (C=O) groups excluding carboxylic acids is 1. The van der Waals surface area contributed by atoms with Crippen molar-refractivity contribution in [3.05, 3.63) is 70.6 Å². The third kappa shape index (κ3) is 3.12. The molecule has 0 amide bonds. The highest BCUT2D eigenvalue weighted by Gasteiger charge is 2.44. The molecule has 1 aromatic heterocycles. The van der Waals surface area contributed by atoms with Gasteiger partial charge in [-0.25, -0.2) is 4.79 Å². The fourth-order valence-electron chi connectivity index (χ4n) is 3.13. The van der Waals surface area contributed by atoms with Gasteiger partial charge in [0, 0.05) is 18.2 Å². The summed E-state index contributed by atoms with van der Waals surface area (Å²) in [7, 11) is 0. The van der Waals surface area contributed by atoms with Crippen LogP contribution in [0.25, 0.3) is 0 Å². The maximum Gasteiger partial charge on any atom is 0.338 e. The van der Waals surface area contributed by atoms with Crippen LogP contribution in [0.3, 0.4) is 0 Å². The molecule has 2 heterocycles. The first-order valence-corrected chi connectivity index (χ1v) is 8.20. The SMILES string of the molecule is CC[C@H]1O[C@@H](n2ccccc2=O)[C@H](OC(=O)c2ccccc2)[C@@H]1C. The zero-order chi connectivity index (χ0) is 17.1. The number of nitrogens with zero attached hydrogens (tertiary/aromatic N) is 1. The van der Waals surface area contributed by atoms with Crippen LogP contribution in [0.15, 0.2) is 59.5 Å². The Morgan fingerprint density at radius 3 is 2.54 bits per heavy atom. The first kappa shape index (κ1) is 16.5. The summed E-state index contributed by atoms with van der Waals surface area (Å²) in [6.45, 7) is 4.01. The van der Waals surface area contributed by atoms with E-state index in [1.165, 1.54) is 10.6 Å². The molecule has 0 radical (unpaired) electrons. The molecule has 5 nitrogen and oxygen atoms in total. The molecule has 1 aliphatic heterocycles. The Morgan fingerprint density at radius 1 is 1.17 bits per heavy atom. The molecule has 1 fully saturated rings. The van der Waals surface area contributed by atoms with Crippen LogP contribution in [0.5, 0.6) is 0 Å². The van der Waals surface area contributed by atoms with Gasteiger partial charge in [-0.2, -0.15) is 0 Å². The minimum Gasteiger partial charge on any atom is -0.454 e. The molecule has 0 bridgehead atoms. The van der Waals surface area contributed by atoms with Gasteiger partial charge in [0.1, 0.15) is 0 Å². The van der Waals surface area contributed by atoms with Gasteiger partial charge >= 0.3 is 5.97 Å². The van der Waals surface area contributed by atoms with Gasteiger partial charge in [0.25, 0.3) is 5.56 Å². The van der Waals surface area contributed by atoms with Crippen LogP contribution in [-0.2, 0) is 9.47 Å². The zero-order valence-corrected chi connectivity index (χ0v) is 13.8. The molecule has 1 aromatic carbocycles. The van der Waals surface area contributed by atoms with Crippen LogP contribution in [0.1, 0.15) is 36.9 Å². The van der Waals surface area contributed by atoms with E-state index in [-0.39, 0.29) is 17.6 Å². The first-order valence-electron chi connectivity index (χ1n) is 8.20. The molecule has 0 N–H and O–H groups in total. The Morgan fingerprint density at radius 2 is 1.88 bits per heavy atom. The number of pyridine rings is 1. The fraction of sp³-hybridized carbons (Fsp3) is 0.368. The van der Waals surface area contributed by atoms with E-state index < -0.39 is 18.3 Å². The summed E-state index contributed by atoms with van der Waals surface area (Å²) in [6.07, 6.45) is 1.28. The van der Waals surface area contributed by atoms with Crippen molar-refractivity contribution >= 4 is 5.97 Å². The van der Waals surface area contributed by atoms with Crippen molar-refractivity contribution in [1.82, 2.24) is 4.57 Å². The summed E-state index contributed by atoms with van der Waals surface area (Å²) in [5.41, 5.74) is 0.316. The Kier molecular flexibility index (Phi) is 4.81. The highest BCUT2D eigenvalue weighted by molar-refractivity contribution is 5.89. The molecule has 0 saturated carbocycles. The molecule has 3 rings (SSSR count). The van der Waals surface area contributed by atoms with Gasteiger partial charge in [0.05, 0.1) is 11.7 Å². The van der Waals surface area contributed by atoms with Gasteiger partial charge in [-0.3, -0.25) is 9.36 Å². The molecule has 1 aliphatic rings. The maximum atomic E-state index is 12.4. The van der Waals surface area contributed by atoms with Gasteiger partial charge < -0.3 is 9.47 Å². The third-order valence-electron chi connectivity index (χ3n) is 4.48. The van der Waals surface area contributed by atoms with E-state index in [1.54, 1.807) is 42.6 Å². The van der Waals surface area contributed by atoms with Crippen molar-refractivity contribution in [3.63, 3.8) is 0 Å². The Bertz CT molecular complexity index is 755. The summed E-state index contributed by atoms with van der Waals surface area (Å²) < 4.78 is 13.3. The molecule has 0 unspecified atom stereocenters. The number of aromatic nitrogens is 1. The second-order valence-electron chi connectivity index (χ2n) is 6.01. The van der Waals surface area contributed by atoms with Crippen LogP contribution in [0.4, 0.5) is 0 Å². The monoisotopic (exact) mass is 327 g/mol. The summed E-state index contributed by atoms with van der Waals surface area (Å²) in [6, 6.07) is 13.8. The first-order chi connectivity index (χ1) is 11.6. The van der Waals surface area contributed by atoms with E-state index in [2.05, 4.69) is 0 Å². The standard InChI is InChI=1S/C19H21NO4/c1-3-15-13(2)17(24-19(22)14-9-5-4-6-10-14)18(23-15)20-12-8-7-11-16(20)21/h4-13,15,17-18H,3H2,1-2H3/t13-,15-,17-,18-/m1/s1. The van der Waals surface area contributed by atoms with E-state index in [1.807, 2.05) is 19.9 Å². The normalized spacial score (nSPS) is 26.2. The van der Waals surface area contributed by atoms with Crippen molar-refractivity contribution < 1.29 is 14.3 Å². The average Bonchev–Trinajstić information content (AvgIpc) is 2.92. The van der Waals surface area contributed by atoms with E-state index in [0.717, 1.165) is 6.42 Å². The molecular weight excluding hydrogens is 306 g/mol. The number of hydrogen-bond donors (Lipinski definition) is 0. The predicted molar refractivity (Wildman–Crippen MR) is 89.7 cm³/mol. The van der Waals surface area contributed by atoms with Crippen LogP contribution in [0.2, 0.25) is 0 Å². The van der Waals surface area contributed by atoms with Gasteiger partial charge in [-0.1, -0.05) is 38.1 Å². The highest BCUT2D eigenvalue weighted by atomic mass is 16.6. The smallest absolute Gasteiger partial charge is 0.338 e. The molecule has 0 aliphatic carbocycles. The van der Waals surface area contributed by atoms with Crippen molar-refractivity contribution in [3.8, 4) is 0 Å². The number of rotatable bonds is 4. The fourth-order valence-corrected chi connectivity index (χ4v) is 3.13. The topological polar surface area (TPSA) is 57.5 Å². The maximum absolute atomic E-state index is 12.4.